The Bertz CT molecular complexity index is 997. The average molecular weight is 449 g/mol. The van der Waals surface area contributed by atoms with E-state index < -0.39 is 0 Å². The minimum absolute atomic E-state index is 0.0714. The van der Waals surface area contributed by atoms with Crippen LogP contribution in [0.4, 0.5) is 5.13 Å². The van der Waals surface area contributed by atoms with E-state index >= 15 is 0 Å². The van der Waals surface area contributed by atoms with Crippen LogP contribution in [-0.4, -0.2) is 43.6 Å². The molecule has 0 atom stereocenters. The van der Waals surface area contributed by atoms with Crippen LogP contribution in [-0.2, 0) is 17.9 Å². The average Bonchev–Trinajstić information content (AvgIpc) is 3.44. The largest absolute Gasteiger partial charge is 0.302 e. The summed E-state index contributed by atoms with van der Waals surface area (Å²) < 4.78 is 2.39. The summed E-state index contributed by atoms with van der Waals surface area (Å²) in [6, 6.07) is 3.96. The number of hydrogen-bond donors (Lipinski definition) is 2. The zero-order chi connectivity index (χ0) is 20.2. The Morgan fingerprint density at radius 3 is 2.97 bits per heavy atom. The van der Waals surface area contributed by atoms with Gasteiger partial charge in [0.15, 0.2) is 15.7 Å². The molecule has 0 spiro atoms. The Morgan fingerprint density at radius 2 is 2.21 bits per heavy atom. The van der Waals surface area contributed by atoms with Gasteiger partial charge in [0.2, 0.25) is 5.91 Å². The number of nitrogens with one attached hydrogen (secondary N) is 2. The van der Waals surface area contributed by atoms with E-state index in [9.17, 15) is 4.79 Å². The lowest BCUT2D eigenvalue weighted by molar-refractivity contribution is -0.116. The molecule has 0 bridgehead atoms. The molecule has 10 heteroatoms. The first kappa shape index (κ1) is 20.4. The van der Waals surface area contributed by atoms with E-state index in [0.29, 0.717) is 22.9 Å². The Morgan fingerprint density at radius 1 is 1.38 bits per heavy atom. The van der Waals surface area contributed by atoms with Crippen molar-refractivity contribution in [1.82, 2.24) is 24.6 Å². The number of piperidine rings is 1. The molecule has 7 nitrogen and oxygen atoms in total. The first-order valence-electron chi connectivity index (χ1n) is 9.74. The zero-order valence-corrected chi connectivity index (χ0v) is 18.7. The molecule has 1 fully saturated rings. The summed E-state index contributed by atoms with van der Waals surface area (Å²) >= 11 is 8.40. The molecular weight excluding hydrogens is 424 g/mol. The van der Waals surface area contributed by atoms with Crippen molar-refractivity contribution in [2.75, 3.05) is 18.4 Å². The smallest absolute Gasteiger partial charge is 0.227 e. The van der Waals surface area contributed by atoms with Gasteiger partial charge in [-0.2, -0.15) is 5.10 Å². The van der Waals surface area contributed by atoms with Crippen molar-refractivity contribution in [1.29, 1.82) is 0 Å². The minimum atomic E-state index is -0.0714. The molecule has 1 amide bonds. The first-order valence-corrected chi connectivity index (χ1v) is 11.9. The number of thiazole rings is 1. The number of carbonyl (C=O) groups excluding carboxylic acids is 1. The number of rotatable bonds is 7. The van der Waals surface area contributed by atoms with Gasteiger partial charge in [-0.25, -0.2) is 4.98 Å². The van der Waals surface area contributed by atoms with E-state index in [1.165, 1.54) is 24.2 Å². The second kappa shape index (κ2) is 9.29. The lowest BCUT2D eigenvalue weighted by Crippen LogP contribution is -2.32. The Kier molecular flexibility index (Phi) is 6.53. The van der Waals surface area contributed by atoms with E-state index in [-0.39, 0.29) is 5.91 Å². The number of likely N-dealkylation sites (tertiary alicyclic amines) is 1. The van der Waals surface area contributed by atoms with Gasteiger partial charge in [-0.1, -0.05) is 13.0 Å². The lowest BCUT2D eigenvalue weighted by atomic mass is 9.99. The molecule has 2 N–H and O–H groups in total. The Hall–Kier alpha value is -1.88. The molecule has 1 aliphatic rings. The number of H-pyrrole nitrogens is 1. The topological polar surface area (TPSA) is 78.8 Å². The highest BCUT2D eigenvalue weighted by Crippen LogP contribution is 2.23. The third-order valence-electron chi connectivity index (χ3n) is 5.12. The molecule has 1 aliphatic heterocycles. The molecule has 3 aromatic rings. The monoisotopic (exact) mass is 448 g/mol. The van der Waals surface area contributed by atoms with Crippen LogP contribution in [0.15, 0.2) is 22.9 Å². The second-order valence-corrected chi connectivity index (χ2v) is 9.57. The highest BCUT2D eigenvalue weighted by molar-refractivity contribution is 7.71. The van der Waals surface area contributed by atoms with Crippen molar-refractivity contribution in [3.8, 4) is 10.7 Å². The molecule has 4 rings (SSSR count). The molecule has 29 heavy (non-hydrogen) atoms. The van der Waals surface area contributed by atoms with Crippen LogP contribution in [0.3, 0.4) is 0 Å². The highest BCUT2D eigenvalue weighted by Gasteiger charge is 2.17. The van der Waals surface area contributed by atoms with Crippen molar-refractivity contribution in [2.24, 2.45) is 5.92 Å². The maximum atomic E-state index is 12.4. The fraction of sp³-hybridized carbons (Fsp3) is 0.474. The van der Waals surface area contributed by atoms with Crippen molar-refractivity contribution in [2.45, 2.75) is 39.3 Å². The summed E-state index contributed by atoms with van der Waals surface area (Å²) in [5, 5.41) is 14.7. The number of aromatic nitrogens is 4. The number of carbonyl (C=O) groups is 1. The second-order valence-electron chi connectivity index (χ2n) is 7.38. The van der Waals surface area contributed by atoms with Crippen LogP contribution >= 0.6 is 34.9 Å². The van der Waals surface area contributed by atoms with E-state index in [4.69, 9.17) is 12.2 Å². The lowest BCUT2D eigenvalue weighted by Gasteiger charge is -2.29. The van der Waals surface area contributed by atoms with Crippen LogP contribution in [0.5, 0.6) is 0 Å². The fourth-order valence-corrected chi connectivity index (χ4v) is 5.06. The van der Waals surface area contributed by atoms with E-state index in [1.54, 1.807) is 11.3 Å². The highest BCUT2D eigenvalue weighted by atomic mass is 32.1. The molecule has 4 heterocycles. The van der Waals surface area contributed by atoms with E-state index in [1.807, 2.05) is 27.5 Å². The number of thiophene rings is 1. The predicted molar refractivity (Wildman–Crippen MR) is 120 cm³/mol. The third kappa shape index (κ3) is 5.19. The van der Waals surface area contributed by atoms with Crippen LogP contribution < -0.4 is 5.32 Å². The summed E-state index contributed by atoms with van der Waals surface area (Å²) in [5.41, 5.74) is 1.02. The molecule has 0 aliphatic carbocycles. The Labute approximate surface area is 182 Å². The number of anilines is 1. The number of amides is 1. The van der Waals surface area contributed by atoms with Gasteiger partial charge >= 0.3 is 0 Å². The molecule has 3 aromatic heterocycles. The van der Waals surface area contributed by atoms with Gasteiger partial charge in [-0.3, -0.25) is 19.4 Å². The number of hydrogen-bond acceptors (Lipinski definition) is 7. The van der Waals surface area contributed by atoms with Crippen molar-refractivity contribution >= 4 is 45.9 Å². The van der Waals surface area contributed by atoms with Gasteiger partial charge in [0.1, 0.15) is 0 Å². The van der Waals surface area contributed by atoms with Gasteiger partial charge in [-0.05, 0) is 55.5 Å². The Balaban J connectivity index is 1.30. The normalized spacial score (nSPS) is 15.6. The van der Waals surface area contributed by atoms with E-state index in [2.05, 4.69) is 32.3 Å². The summed E-state index contributed by atoms with van der Waals surface area (Å²) in [4.78, 5) is 20.5. The number of aromatic amines is 1. The molecule has 0 unspecified atom stereocenters. The summed E-state index contributed by atoms with van der Waals surface area (Å²) in [6.45, 7) is 5.89. The standard InChI is InChI=1S/C19H24N6OS3/c1-13-4-7-24(8-5-13)11-14-12-29-18(20-14)21-16(26)6-9-25-17(22-23-19(25)27)15-3-2-10-28-15/h2-3,10,12-13H,4-9,11H2,1H3,(H,23,27)(H,20,21,26). The van der Waals surface area contributed by atoms with Crippen LogP contribution in [0.1, 0.15) is 31.9 Å². The van der Waals surface area contributed by atoms with E-state index in [0.717, 1.165) is 41.9 Å². The first-order chi connectivity index (χ1) is 14.1. The summed E-state index contributed by atoms with van der Waals surface area (Å²) in [6.07, 6.45) is 2.81. The quantitative estimate of drug-likeness (QED) is 0.524. The summed E-state index contributed by atoms with van der Waals surface area (Å²) in [7, 11) is 0. The third-order valence-corrected chi connectivity index (χ3v) is 7.11. The van der Waals surface area contributed by atoms with Crippen molar-refractivity contribution in [3.63, 3.8) is 0 Å². The van der Waals surface area contributed by atoms with Gasteiger partial charge in [0.25, 0.3) is 0 Å². The van der Waals surface area contributed by atoms with Crippen LogP contribution in [0, 0.1) is 10.7 Å². The maximum absolute atomic E-state index is 12.4. The maximum Gasteiger partial charge on any atom is 0.227 e. The molecule has 0 saturated carbocycles. The SMILES string of the molecule is CC1CCN(Cc2csc(NC(=O)CCn3c(-c4cccs4)n[nH]c3=S)n2)CC1. The molecular formula is C19H24N6OS3. The zero-order valence-electron chi connectivity index (χ0n) is 16.3. The van der Waals surface area contributed by atoms with Gasteiger partial charge in [0.05, 0.1) is 10.6 Å². The van der Waals surface area contributed by atoms with Crippen LogP contribution in [0.25, 0.3) is 10.7 Å². The van der Waals surface area contributed by atoms with Crippen LogP contribution in [0.2, 0.25) is 0 Å². The summed E-state index contributed by atoms with van der Waals surface area (Å²) in [5.74, 6) is 1.52. The molecule has 0 radical (unpaired) electrons. The van der Waals surface area contributed by atoms with Gasteiger partial charge in [-0.15, -0.1) is 22.7 Å². The van der Waals surface area contributed by atoms with Crippen molar-refractivity contribution in [3.05, 3.63) is 33.4 Å². The number of nitrogens with zero attached hydrogens (tertiary/aromatic N) is 4. The molecule has 0 aromatic carbocycles. The van der Waals surface area contributed by atoms with Crippen molar-refractivity contribution < 1.29 is 4.79 Å². The molecule has 154 valence electrons. The van der Waals surface area contributed by atoms with Gasteiger partial charge < -0.3 is 5.32 Å². The molecule has 1 saturated heterocycles. The predicted octanol–water partition coefficient (Wildman–Crippen LogP) is 4.39. The fourth-order valence-electron chi connectivity index (χ4n) is 3.40. The minimum Gasteiger partial charge on any atom is -0.302 e. The van der Waals surface area contributed by atoms with Gasteiger partial charge in [0, 0.05) is 24.9 Å².